The van der Waals surface area contributed by atoms with Crippen LogP contribution >= 0.6 is 0 Å². The first-order valence-corrected chi connectivity index (χ1v) is 6.21. The largest absolute Gasteiger partial charge is 0.330 e. The van der Waals surface area contributed by atoms with Crippen molar-refractivity contribution < 1.29 is 0 Å². The van der Waals surface area contributed by atoms with Gasteiger partial charge in [-0.1, -0.05) is 52.0 Å². The van der Waals surface area contributed by atoms with Crippen LogP contribution in [0.3, 0.4) is 0 Å². The van der Waals surface area contributed by atoms with Gasteiger partial charge in [-0.2, -0.15) is 0 Å². The molecule has 0 aliphatic heterocycles. The van der Waals surface area contributed by atoms with Crippen LogP contribution in [-0.4, -0.2) is 6.54 Å². The van der Waals surface area contributed by atoms with E-state index in [1.54, 1.807) is 0 Å². The summed E-state index contributed by atoms with van der Waals surface area (Å²) in [6.45, 7) is 9.84. The third-order valence-corrected chi connectivity index (χ3v) is 2.88. The van der Waals surface area contributed by atoms with Gasteiger partial charge in [-0.3, -0.25) is 0 Å². The van der Waals surface area contributed by atoms with E-state index in [4.69, 9.17) is 5.73 Å². The smallest absolute Gasteiger partial charge is 0.00715 e. The van der Waals surface area contributed by atoms with Gasteiger partial charge in [0.05, 0.1) is 0 Å². The van der Waals surface area contributed by atoms with Crippen molar-refractivity contribution in [2.75, 3.05) is 6.54 Å². The Labute approximate surface area is 100 Å². The third kappa shape index (κ3) is 4.36. The lowest BCUT2D eigenvalue weighted by atomic mass is 9.87. The van der Waals surface area contributed by atoms with E-state index in [0.717, 1.165) is 19.4 Å². The summed E-state index contributed by atoms with van der Waals surface area (Å²) in [7, 11) is 0. The van der Waals surface area contributed by atoms with Crippen LogP contribution in [0.15, 0.2) is 24.3 Å². The Balaban J connectivity index is 2.68. The third-order valence-electron chi connectivity index (χ3n) is 2.88. The molecule has 16 heavy (non-hydrogen) atoms. The lowest BCUT2D eigenvalue weighted by Gasteiger charge is -2.18. The molecule has 1 nitrogen and oxygen atoms in total. The van der Waals surface area contributed by atoms with Crippen LogP contribution in [0.1, 0.15) is 51.2 Å². The highest BCUT2D eigenvalue weighted by molar-refractivity contribution is 5.25. The molecule has 1 rings (SSSR count). The van der Waals surface area contributed by atoms with Crippen molar-refractivity contribution in [3.63, 3.8) is 0 Å². The van der Waals surface area contributed by atoms with Crippen molar-refractivity contribution in [1.29, 1.82) is 0 Å². The molecule has 1 unspecified atom stereocenters. The highest BCUT2D eigenvalue weighted by atomic mass is 14.5. The van der Waals surface area contributed by atoms with Crippen LogP contribution in [0.4, 0.5) is 0 Å². The Morgan fingerprint density at radius 3 is 2.12 bits per heavy atom. The van der Waals surface area contributed by atoms with Gasteiger partial charge >= 0.3 is 0 Å². The highest BCUT2D eigenvalue weighted by Gasteiger charge is 2.11. The van der Waals surface area contributed by atoms with Crippen LogP contribution in [0.5, 0.6) is 0 Å². The molecule has 1 aromatic carbocycles. The minimum Gasteiger partial charge on any atom is -0.330 e. The fraction of sp³-hybridized carbons (Fsp3) is 0.600. The van der Waals surface area contributed by atoms with Gasteiger partial charge in [-0.25, -0.2) is 0 Å². The number of rotatable bonds is 4. The summed E-state index contributed by atoms with van der Waals surface area (Å²) in [6, 6.07) is 9.02. The molecule has 0 heterocycles. The van der Waals surface area contributed by atoms with E-state index in [-0.39, 0.29) is 0 Å². The molecule has 0 radical (unpaired) electrons. The number of hydrogen-bond donors (Lipinski definition) is 1. The van der Waals surface area contributed by atoms with Crippen LogP contribution in [0, 0.1) is 5.41 Å². The fourth-order valence-electron chi connectivity index (χ4n) is 1.99. The van der Waals surface area contributed by atoms with Crippen molar-refractivity contribution in [2.24, 2.45) is 11.1 Å². The maximum atomic E-state index is 5.58. The Kier molecular flexibility index (Phi) is 4.55. The zero-order valence-corrected chi connectivity index (χ0v) is 11.1. The van der Waals surface area contributed by atoms with Crippen LogP contribution in [-0.2, 0) is 6.42 Å². The number of benzene rings is 1. The molecule has 1 aromatic rings. The second-order valence-corrected chi connectivity index (χ2v) is 5.96. The van der Waals surface area contributed by atoms with E-state index in [2.05, 4.69) is 52.0 Å². The van der Waals surface area contributed by atoms with Gasteiger partial charge in [0, 0.05) is 0 Å². The topological polar surface area (TPSA) is 26.0 Å². The van der Waals surface area contributed by atoms with Gasteiger partial charge in [0.2, 0.25) is 0 Å². The molecule has 0 spiro atoms. The van der Waals surface area contributed by atoms with Gasteiger partial charge < -0.3 is 5.73 Å². The molecule has 2 N–H and O–H groups in total. The minimum absolute atomic E-state index is 0.365. The normalized spacial score (nSPS) is 13.8. The SMILES string of the molecule is CC(CCN)c1ccc(CC(C)(C)C)cc1. The lowest BCUT2D eigenvalue weighted by molar-refractivity contribution is 0.411. The summed E-state index contributed by atoms with van der Waals surface area (Å²) in [6.07, 6.45) is 2.21. The zero-order valence-electron chi connectivity index (χ0n) is 11.1. The van der Waals surface area contributed by atoms with E-state index >= 15 is 0 Å². The molecular formula is C15H25N. The summed E-state index contributed by atoms with van der Waals surface area (Å²) in [5, 5.41) is 0. The predicted octanol–water partition coefficient (Wildman–Crippen LogP) is 3.73. The zero-order chi connectivity index (χ0) is 12.2. The van der Waals surface area contributed by atoms with E-state index in [0.29, 0.717) is 11.3 Å². The molecule has 0 saturated heterocycles. The summed E-state index contributed by atoms with van der Waals surface area (Å²) < 4.78 is 0. The summed E-state index contributed by atoms with van der Waals surface area (Å²) >= 11 is 0. The molecule has 0 saturated carbocycles. The van der Waals surface area contributed by atoms with Gasteiger partial charge in [0.1, 0.15) is 0 Å². The Morgan fingerprint density at radius 2 is 1.69 bits per heavy atom. The summed E-state index contributed by atoms with van der Waals surface area (Å²) in [5.41, 5.74) is 8.78. The van der Waals surface area contributed by atoms with Crippen LogP contribution < -0.4 is 5.73 Å². The average Bonchev–Trinajstić information content (AvgIpc) is 2.16. The molecule has 0 amide bonds. The Morgan fingerprint density at radius 1 is 1.12 bits per heavy atom. The van der Waals surface area contributed by atoms with E-state index < -0.39 is 0 Å². The molecule has 1 heteroatoms. The van der Waals surface area contributed by atoms with Crippen molar-refractivity contribution in [3.05, 3.63) is 35.4 Å². The second-order valence-electron chi connectivity index (χ2n) is 5.96. The number of nitrogens with two attached hydrogens (primary N) is 1. The minimum atomic E-state index is 0.365. The molecule has 0 aromatic heterocycles. The maximum Gasteiger partial charge on any atom is -0.00715 e. The van der Waals surface area contributed by atoms with Crippen molar-refractivity contribution in [2.45, 2.75) is 46.5 Å². The Hall–Kier alpha value is -0.820. The van der Waals surface area contributed by atoms with Crippen LogP contribution in [0.25, 0.3) is 0 Å². The summed E-state index contributed by atoms with van der Waals surface area (Å²) in [5.74, 6) is 0.577. The monoisotopic (exact) mass is 219 g/mol. The van der Waals surface area contributed by atoms with E-state index in [1.165, 1.54) is 11.1 Å². The van der Waals surface area contributed by atoms with Crippen molar-refractivity contribution in [1.82, 2.24) is 0 Å². The maximum absolute atomic E-state index is 5.58. The predicted molar refractivity (Wildman–Crippen MR) is 71.7 cm³/mol. The average molecular weight is 219 g/mol. The molecule has 1 atom stereocenters. The van der Waals surface area contributed by atoms with Gasteiger partial charge in [-0.15, -0.1) is 0 Å². The van der Waals surface area contributed by atoms with Gasteiger partial charge in [0.15, 0.2) is 0 Å². The van der Waals surface area contributed by atoms with Crippen LogP contribution in [0.2, 0.25) is 0 Å². The standard InChI is InChI=1S/C15H25N/c1-12(9-10-16)14-7-5-13(6-8-14)11-15(2,3)4/h5-8,12H,9-11,16H2,1-4H3. The molecule has 0 fully saturated rings. The van der Waals surface area contributed by atoms with Gasteiger partial charge in [-0.05, 0) is 41.8 Å². The van der Waals surface area contributed by atoms with Crippen molar-refractivity contribution >= 4 is 0 Å². The molecular weight excluding hydrogens is 194 g/mol. The van der Waals surface area contributed by atoms with E-state index in [9.17, 15) is 0 Å². The quantitative estimate of drug-likeness (QED) is 0.820. The molecule has 90 valence electrons. The highest BCUT2D eigenvalue weighted by Crippen LogP contribution is 2.23. The Bertz CT molecular complexity index is 305. The second kappa shape index (κ2) is 5.49. The lowest BCUT2D eigenvalue weighted by Crippen LogP contribution is -2.09. The molecule has 0 aliphatic rings. The van der Waals surface area contributed by atoms with E-state index in [1.807, 2.05) is 0 Å². The first-order valence-electron chi connectivity index (χ1n) is 6.21. The van der Waals surface area contributed by atoms with Gasteiger partial charge in [0.25, 0.3) is 0 Å². The first-order chi connectivity index (χ1) is 7.42. The molecule has 0 bridgehead atoms. The number of hydrogen-bond acceptors (Lipinski definition) is 1. The molecule has 0 aliphatic carbocycles. The fourth-order valence-corrected chi connectivity index (χ4v) is 1.99. The first kappa shape index (κ1) is 13.2. The van der Waals surface area contributed by atoms with Crippen molar-refractivity contribution in [3.8, 4) is 0 Å². The summed E-state index contributed by atoms with van der Waals surface area (Å²) in [4.78, 5) is 0.